The van der Waals surface area contributed by atoms with Crippen LogP contribution in [0.5, 0.6) is 11.5 Å². The van der Waals surface area contributed by atoms with Crippen LogP contribution in [0.25, 0.3) is 11.0 Å². The van der Waals surface area contributed by atoms with Gasteiger partial charge in [-0.25, -0.2) is 4.98 Å². The van der Waals surface area contributed by atoms with Crippen molar-refractivity contribution in [3.05, 3.63) is 68.6 Å². The van der Waals surface area contributed by atoms with Crippen LogP contribution in [0.4, 0.5) is 11.6 Å². The van der Waals surface area contributed by atoms with Gasteiger partial charge in [-0.3, -0.25) is 14.5 Å². The number of hydrogen-bond donors (Lipinski definition) is 3. The first-order chi connectivity index (χ1) is 13.8. The van der Waals surface area contributed by atoms with Gasteiger partial charge >= 0.3 is 0 Å². The minimum Gasteiger partial charge on any atom is -0.504 e. The lowest BCUT2D eigenvalue weighted by Crippen LogP contribution is -2.20. The molecule has 0 saturated carbocycles. The monoisotopic (exact) mass is 431 g/mol. The summed E-state index contributed by atoms with van der Waals surface area (Å²) in [6.07, 6.45) is 1.50. The van der Waals surface area contributed by atoms with Crippen LogP contribution in [-0.2, 0) is 6.54 Å². The molecule has 0 unspecified atom stereocenters. The van der Waals surface area contributed by atoms with Crippen LogP contribution >= 0.6 is 23.2 Å². The van der Waals surface area contributed by atoms with Crippen molar-refractivity contribution in [1.82, 2.24) is 19.7 Å². The molecule has 2 aromatic carbocycles. The summed E-state index contributed by atoms with van der Waals surface area (Å²) >= 11 is 12.0. The lowest BCUT2D eigenvalue weighted by Gasteiger charge is -2.18. The first-order valence-corrected chi connectivity index (χ1v) is 9.24. The molecule has 0 amide bonds. The fourth-order valence-corrected chi connectivity index (χ4v) is 3.22. The van der Waals surface area contributed by atoms with E-state index in [2.05, 4.69) is 15.1 Å². The molecule has 2 heterocycles. The predicted molar refractivity (Wildman–Crippen MR) is 112 cm³/mol. The van der Waals surface area contributed by atoms with Crippen LogP contribution in [-0.4, -0.2) is 37.0 Å². The zero-order valence-corrected chi connectivity index (χ0v) is 16.6. The highest BCUT2D eigenvalue weighted by Gasteiger charge is 2.15. The first-order valence-electron chi connectivity index (χ1n) is 8.49. The Labute approximate surface area is 174 Å². The Morgan fingerprint density at radius 1 is 1.10 bits per heavy atom. The standard InChI is InChI=1S/C19H15Cl2N5O3/c1-25(11-3-4-12(20)13(21)7-11)19-23-14-8-22-26(17(14)18(29)24-19)9-10-2-5-15(27)16(28)6-10/h2-8,27-28H,9H2,1H3,(H,23,24,29). The summed E-state index contributed by atoms with van der Waals surface area (Å²) in [7, 11) is 1.74. The summed E-state index contributed by atoms with van der Waals surface area (Å²) in [5.41, 5.74) is 1.72. The van der Waals surface area contributed by atoms with Crippen molar-refractivity contribution in [2.45, 2.75) is 6.54 Å². The average molecular weight is 432 g/mol. The van der Waals surface area contributed by atoms with E-state index in [-0.39, 0.29) is 23.6 Å². The molecule has 0 spiro atoms. The highest BCUT2D eigenvalue weighted by atomic mass is 35.5. The van der Waals surface area contributed by atoms with Gasteiger partial charge in [-0.2, -0.15) is 5.10 Å². The number of fused-ring (bicyclic) bond motifs is 1. The Balaban J connectivity index is 1.70. The first kappa shape index (κ1) is 19.1. The van der Waals surface area contributed by atoms with Crippen molar-refractivity contribution in [1.29, 1.82) is 0 Å². The Morgan fingerprint density at radius 3 is 2.62 bits per heavy atom. The molecule has 2 aromatic heterocycles. The van der Waals surface area contributed by atoms with Crippen LogP contribution in [0.15, 0.2) is 47.4 Å². The van der Waals surface area contributed by atoms with Gasteiger partial charge in [-0.1, -0.05) is 29.3 Å². The molecule has 10 heteroatoms. The zero-order valence-electron chi connectivity index (χ0n) is 15.1. The van der Waals surface area contributed by atoms with Gasteiger partial charge in [0.15, 0.2) is 17.0 Å². The van der Waals surface area contributed by atoms with Crippen molar-refractivity contribution in [2.24, 2.45) is 0 Å². The number of aromatic hydroxyl groups is 2. The van der Waals surface area contributed by atoms with E-state index in [0.717, 1.165) is 0 Å². The third-order valence-corrected chi connectivity index (χ3v) is 5.21. The number of rotatable bonds is 4. The minimum absolute atomic E-state index is 0.214. The van der Waals surface area contributed by atoms with Crippen molar-refractivity contribution in [3.8, 4) is 11.5 Å². The molecular formula is C19H15Cl2N5O3. The third-order valence-electron chi connectivity index (χ3n) is 4.47. The van der Waals surface area contributed by atoms with Crippen LogP contribution in [0.1, 0.15) is 5.56 Å². The van der Waals surface area contributed by atoms with E-state index in [0.29, 0.717) is 38.3 Å². The van der Waals surface area contributed by atoms with Gasteiger partial charge in [0.2, 0.25) is 5.95 Å². The van der Waals surface area contributed by atoms with Gasteiger partial charge in [0.1, 0.15) is 5.52 Å². The number of nitrogens with one attached hydrogen (secondary N) is 1. The second kappa shape index (κ2) is 7.31. The van der Waals surface area contributed by atoms with Crippen molar-refractivity contribution >= 4 is 45.9 Å². The molecular weight excluding hydrogens is 417 g/mol. The van der Waals surface area contributed by atoms with Gasteiger partial charge in [0.25, 0.3) is 5.56 Å². The predicted octanol–water partition coefficient (Wildman–Crippen LogP) is 3.65. The molecule has 0 fully saturated rings. The highest BCUT2D eigenvalue weighted by molar-refractivity contribution is 6.42. The fourth-order valence-electron chi connectivity index (χ4n) is 2.93. The Kier molecular flexibility index (Phi) is 4.81. The number of halogens is 2. The topological polar surface area (TPSA) is 107 Å². The van der Waals surface area contributed by atoms with Crippen LogP contribution in [0.2, 0.25) is 10.0 Å². The number of H-pyrrole nitrogens is 1. The molecule has 8 nitrogen and oxygen atoms in total. The van der Waals surface area contributed by atoms with E-state index < -0.39 is 0 Å². The molecule has 0 aliphatic rings. The van der Waals surface area contributed by atoms with E-state index in [1.54, 1.807) is 36.2 Å². The molecule has 4 aromatic rings. The van der Waals surface area contributed by atoms with Gasteiger partial charge in [-0.05, 0) is 35.9 Å². The van der Waals surface area contributed by atoms with Crippen molar-refractivity contribution in [3.63, 3.8) is 0 Å². The van der Waals surface area contributed by atoms with E-state index in [9.17, 15) is 15.0 Å². The third kappa shape index (κ3) is 3.59. The summed E-state index contributed by atoms with van der Waals surface area (Å²) in [5, 5.41) is 24.2. The van der Waals surface area contributed by atoms with Crippen molar-refractivity contribution in [2.75, 3.05) is 11.9 Å². The van der Waals surface area contributed by atoms with Crippen LogP contribution in [0, 0.1) is 0 Å². The second-order valence-corrected chi connectivity index (χ2v) is 7.22. The molecule has 0 atom stereocenters. The fraction of sp³-hybridized carbons (Fsp3) is 0.105. The SMILES string of the molecule is CN(c1ccc(Cl)c(Cl)c1)c1nc2cnn(Cc3ccc(O)c(O)c3)c2c(=O)[nH]1. The molecule has 4 rings (SSSR count). The maximum Gasteiger partial charge on any atom is 0.278 e. The average Bonchev–Trinajstić information content (AvgIpc) is 3.09. The molecule has 0 bridgehead atoms. The quantitative estimate of drug-likeness (QED) is 0.425. The van der Waals surface area contributed by atoms with E-state index in [1.165, 1.54) is 23.0 Å². The number of hydrogen-bond acceptors (Lipinski definition) is 6. The lowest BCUT2D eigenvalue weighted by atomic mass is 10.2. The lowest BCUT2D eigenvalue weighted by molar-refractivity contribution is 0.403. The summed E-state index contributed by atoms with van der Waals surface area (Å²) in [6, 6.07) is 9.53. The number of nitrogens with zero attached hydrogens (tertiary/aromatic N) is 4. The van der Waals surface area contributed by atoms with E-state index in [4.69, 9.17) is 23.2 Å². The molecule has 29 heavy (non-hydrogen) atoms. The van der Waals surface area contributed by atoms with E-state index >= 15 is 0 Å². The Bertz CT molecular complexity index is 1280. The molecule has 0 aliphatic heterocycles. The molecule has 0 radical (unpaired) electrons. The van der Waals surface area contributed by atoms with Crippen molar-refractivity contribution < 1.29 is 10.2 Å². The van der Waals surface area contributed by atoms with Gasteiger partial charge in [-0.15, -0.1) is 0 Å². The van der Waals surface area contributed by atoms with Gasteiger partial charge in [0, 0.05) is 12.7 Å². The van der Waals surface area contributed by atoms with Crippen LogP contribution in [0.3, 0.4) is 0 Å². The number of aromatic amines is 1. The normalized spacial score (nSPS) is 11.1. The van der Waals surface area contributed by atoms with Crippen LogP contribution < -0.4 is 10.5 Å². The largest absolute Gasteiger partial charge is 0.504 e. The summed E-state index contributed by atoms with van der Waals surface area (Å²) in [6.45, 7) is 0.226. The van der Waals surface area contributed by atoms with Gasteiger partial charge < -0.3 is 15.1 Å². The molecule has 0 saturated heterocycles. The Morgan fingerprint density at radius 2 is 1.90 bits per heavy atom. The smallest absolute Gasteiger partial charge is 0.278 e. The highest BCUT2D eigenvalue weighted by Crippen LogP contribution is 2.29. The maximum absolute atomic E-state index is 12.7. The number of benzene rings is 2. The zero-order chi connectivity index (χ0) is 20.7. The Hall–Kier alpha value is -3.23. The molecule has 148 valence electrons. The summed E-state index contributed by atoms with van der Waals surface area (Å²) in [5.74, 6) is -0.132. The molecule has 0 aliphatic carbocycles. The maximum atomic E-state index is 12.7. The van der Waals surface area contributed by atoms with E-state index in [1.807, 2.05) is 0 Å². The number of anilines is 2. The number of phenols is 2. The number of phenolic OH excluding ortho intramolecular Hbond substituents is 2. The van der Waals surface area contributed by atoms with Gasteiger partial charge in [0.05, 0.1) is 22.8 Å². The summed E-state index contributed by atoms with van der Waals surface area (Å²) in [4.78, 5) is 21.6. The second-order valence-electron chi connectivity index (χ2n) is 6.41. The minimum atomic E-state index is -0.364. The summed E-state index contributed by atoms with van der Waals surface area (Å²) < 4.78 is 1.48. The molecule has 3 N–H and O–H groups in total. The number of aromatic nitrogens is 4.